The van der Waals surface area contributed by atoms with Crippen molar-refractivity contribution in [2.24, 2.45) is 0 Å². The Morgan fingerprint density at radius 1 is 1.38 bits per heavy atom. The minimum atomic E-state index is -0.872. The molecule has 8 heteroatoms. The lowest BCUT2D eigenvalue weighted by Gasteiger charge is -2.13. The number of para-hydroxylation sites is 1. The SMILES string of the molecule is O=C(Nc1c(F)cccc1F)c1cnc(OC2CCOC2)c(Cl)c1. The Morgan fingerprint density at radius 3 is 2.75 bits per heavy atom. The first-order valence-electron chi connectivity index (χ1n) is 7.20. The zero-order valence-electron chi connectivity index (χ0n) is 12.4. The second-order valence-electron chi connectivity index (χ2n) is 5.17. The molecule has 0 saturated carbocycles. The summed E-state index contributed by atoms with van der Waals surface area (Å²) in [4.78, 5) is 16.1. The Kier molecular flexibility index (Phi) is 4.92. The molecule has 1 amide bonds. The highest BCUT2D eigenvalue weighted by Gasteiger charge is 2.20. The number of hydrogen-bond acceptors (Lipinski definition) is 4. The summed E-state index contributed by atoms with van der Waals surface area (Å²) in [5.74, 6) is -2.29. The summed E-state index contributed by atoms with van der Waals surface area (Å²) in [5, 5.41) is 2.29. The van der Waals surface area contributed by atoms with Gasteiger partial charge >= 0.3 is 0 Å². The van der Waals surface area contributed by atoms with Crippen LogP contribution in [0.2, 0.25) is 5.02 Å². The largest absolute Gasteiger partial charge is 0.471 e. The number of hydrogen-bond donors (Lipinski definition) is 1. The van der Waals surface area contributed by atoms with Crippen molar-refractivity contribution in [2.75, 3.05) is 18.5 Å². The van der Waals surface area contributed by atoms with Crippen LogP contribution in [0.4, 0.5) is 14.5 Å². The number of amides is 1. The summed E-state index contributed by atoms with van der Waals surface area (Å²) in [6.45, 7) is 1.06. The molecular weight excluding hydrogens is 342 g/mol. The molecule has 1 unspecified atom stereocenters. The number of rotatable bonds is 4. The maximum atomic E-state index is 13.6. The molecule has 1 aliphatic rings. The van der Waals surface area contributed by atoms with Crippen LogP contribution in [-0.4, -0.2) is 30.2 Å². The van der Waals surface area contributed by atoms with Gasteiger partial charge in [-0.05, 0) is 18.2 Å². The maximum absolute atomic E-state index is 13.6. The van der Waals surface area contributed by atoms with Gasteiger partial charge in [0.05, 0.1) is 18.8 Å². The van der Waals surface area contributed by atoms with Crippen LogP contribution in [0.3, 0.4) is 0 Å². The van der Waals surface area contributed by atoms with E-state index < -0.39 is 23.2 Å². The first kappa shape index (κ1) is 16.6. The Bertz CT molecular complexity index is 747. The molecule has 1 N–H and O–H groups in total. The molecule has 1 saturated heterocycles. The number of nitrogens with one attached hydrogen (secondary N) is 1. The first-order chi connectivity index (χ1) is 11.5. The zero-order valence-corrected chi connectivity index (χ0v) is 13.1. The lowest BCUT2D eigenvalue weighted by atomic mass is 10.2. The van der Waals surface area contributed by atoms with Gasteiger partial charge in [0.2, 0.25) is 5.88 Å². The number of carbonyl (C=O) groups is 1. The fraction of sp³-hybridized carbons (Fsp3) is 0.250. The molecule has 126 valence electrons. The van der Waals surface area contributed by atoms with Crippen LogP contribution in [0.25, 0.3) is 0 Å². The van der Waals surface area contributed by atoms with Gasteiger partial charge in [0, 0.05) is 12.6 Å². The molecule has 1 fully saturated rings. The monoisotopic (exact) mass is 354 g/mol. The van der Waals surface area contributed by atoms with E-state index in [-0.39, 0.29) is 22.6 Å². The second kappa shape index (κ2) is 7.11. The molecule has 3 rings (SSSR count). The Balaban J connectivity index is 1.74. The number of aromatic nitrogens is 1. The third-order valence-corrected chi connectivity index (χ3v) is 3.71. The maximum Gasteiger partial charge on any atom is 0.257 e. The number of pyridine rings is 1. The molecule has 0 radical (unpaired) electrons. The molecule has 0 spiro atoms. The Labute approximate surface area is 141 Å². The summed E-state index contributed by atoms with van der Waals surface area (Å²) in [6, 6.07) is 4.63. The predicted octanol–water partition coefficient (Wildman–Crippen LogP) is 3.43. The van der Waals surface area contributed by atoms with E-state index in [9.17, 15) is 13.6 Å². The van der Waals surface area contributed by atoms with Gasteiger partial charge in [0.25, 0.3) is 5.91 Å². The molecule has 24 heavy (non-hydrogen) atoms. The molecule has 0 bridgehead atoms. The lowest BCUT2D eigenvalue weighted by Crippen LogP contribution is -2.18. The van der Waals surface area contributed by atoms with Crippen molar-refractivity contribution >= 4 is 23.2 Å². The molecule has 0 aliphatic carbocycles. The van der Waals surface area contributed by atoms with Gasteiger partial charge in [-0.15, -0.1) is 0 Å². The molecule has 2 heterocycles. The van der Waals surface area contributed by atoms with Crippen LogP contribution in [0.1, 0.15) is 16.8 Å². The minimum absolute atomic E-state index is 0.0534. The van der Waals surface area contributed by atoms with Gasteiger partial charge in [-0.2, -0.15) is 0 Å². The van der Waals surface area contributed by atoms with E-state index in [4.69, 9.17) is 21.1 Å². The van der Waals surface area contributed by atoms with Gasteiger partial charge in [0.1, 0.15) is 28.4 Å². The summed E-state index contributed by atoms with van der Waals surface area (Å²) >= 11 is 6.06. The lowest BCUT2D eigenvalue weighted by molar-refractivity contribution is 0.102. The molecule has 1 aromatic heterocycles. The summed E-state index contributed by atoms with van der Waals surface area (Å²) < 4.78 is 37.9. The predicted molar refractivity (Wildman–Crippen MR) is 83.4 cm³/mol. The van der Waals surface area contributed by atoms with E-state index in [0.717, 1.165) is 18.6 Å². The molecule has 2 aromatic rings. The molecular formula is C16H13ClF2N2O3. The van der Waals surface area contributed by atoms with E-state index in [1.54, 1.807) is 0 Å². The van der Waals surface area contributed by atoms with Crippen molar-refractivity contribution in [1.82, 2.24) is 4.98 Å². The molecule has 1 atom stereocenters. The number of nitrogens with zero attached hydrogens (tertiary/aromatic N) is 1. The van der Waals surface area contributed by atoms with Crippen molar-refractivity contribution in [3.05, 3.63) is 52.7 Å². The van der Waals surface area contributed by atoms with Crippen LogP contribution >= 0.6 is 11.6 Å². The van der Waals surface area contributed by atoms with Crippen molar-refractivity contribution in [1.29, 1.82) is 0 Å². The van der Waals surface area contributed by atoms with E-state index in [2.05, 4.69) is 10.3 Å². The van der Waals surface area contributed by atoms with Crippen LogP contribution in [-0.2, 0) is 4.74 Å². The standard InChI is InChI=1S/C16H13ClF2N2O3/c17-11-6-9(7-20-16(11)24-10-4-5-23-8-10)15(22)21-14-12(18)2-1-3-13(14)19/h1-3,6-7,10H,4-5,8H2,(H,21,22). The fourth-order valence-electron chi connectivity index (χ4n) is 2.20. The smallest absolute Gasteiger partial charge is 0.257 e. The molecule has 1 aromatic carbocycles. The summed E-state index contributed by atoms with van der Waals surface area (Å²) in [5.41, 5.74) is -0.472. The average Bonchev–Trinajstić information content (AvgIpc) is 3.06. The van der Waals surface area contributed by atoms with Gasteiger partial charge in [-0.25, -0.2) is 13.8 Å². The number of anilines is 1. The highest BCUT2D eigenvalue weighted by molar-refractivity contribution is 6.32. The van der Waals surface area contributed by atoms with E-state index in [0.29, 0.717) is 13.2 Å². The van der Waals surface area contributed by atoms with Crippen molar-refractivity contribution < 1.29 is 23.0 Å². The van der Waals surface area contributed by atoms with Crippen molar-refractivity contribution in [3.8, 4) is 5.88 Å². The quantitative estimate of drug-likeness (QED) is 0.913. The third kappa shape index (κ3) is 3.63. The second-order valence-corrected chi connectivity index (χ2v) is 5.57. The topological polar surface area (TPSA) is 60.5 Å². The molecule has 5 nitrogen and oxygen atoms in total. The summed E-state index contributed by atoms with van der Waals surface area (Å²) in [7, 11) is 0. The van der Waals surface area contributed by atoms with Crippen molar-refractivity contribution in [3.63, 3.8) is 0 Å². The van der Waals surface area contributed by atoms with E-state index in [1.165, 1.54) is 18.3 Å². The Morgan fingerprint density at radius 2 is 2.12 bits per heavy atom. The zero-order chi connectivity index (χ0) is 17.1. The first-order valence-corrected chi connectivity index (χ1v) is 7.57. The van der Waals surface area contributed by atoms with Crippen LogP contribution in [0, 0.1) is 11.6 Å². The number of halogens is 3. The van der Waals surface area contributed by atoms with Gasteiger partial charge in [-0.3, -0.25) is 4.79 Å². The number of benzene rings is 1. The van der Waals surface area contributed by atoms with Crippen LogP contribution in [0.15, 0.2) is 30.5 Å². The van der Waals surface area contributed by atoms with Gasteiger partial charge in [-0.1, -0.05) is 17.7 Å². The minimum Gasteiger partial charge on any atom is -0.471 e. The summed E-state index contributed by atoms with van der Waals surface area (Å²) in [6.07, 6.45) is 1.82. The van der Waals surface area contributed by atoms with Crippen LogP contribution < -0.4 is 10.1 Å². The number of carbonyl (C=O) groups excluding carboxylic acids is 1. The highest BCUT2D eigenvalue weighted by atomic mass is 35.5. The normalized spacial score (nSPS) is 16.9. The van der Waals surface area contributed by atoms with E-state index >= 15 is 0 Å². The average molecular weight is 355 g/mol. The van der Waals surface area contributed by atoms with Crippen molar-refractivity contribution in [2.45, 2.75) is 12.5 Å². The van der Waals surface area contributed by atoms with Gasteiger partial charge < -0.3 is 14.8 Å². The Hall–Kier alpha value is -2.25. The van der Waals surface area contributed by atoms with Gasteiger partial charge in [0.15, 0.2) is 0 Å². The van der Waals surface area contributed by atoms with Crippen LogP contribution in [0.5, 0.6) is 5.88 Å². The number of ether oxygens (including phenoxy) is 2. The third-order valence-electron chi connectivity index (χ3n) is 3.44. The molecule has 1 aliphatic heterocycles. The highest BCUT2D eigenvalue weighted by Crippen LogP contribution is 2.26. The van der Waals surface area contributed by atoms with E-state index in [1.807, 2.05) is 0 Å². The fourth-order valence-corrected chi connectivity index (χ4v) is 2.41.